The molecule has 3 aromatic rings. The lowest BCUT2D eigenvalue weighted by molar-refractivity contribution is -0.121. The van der Waals surface area contributed by atoms with Crippen molar-refractivity contribution in [2.45, 2.75) is 32.7 Å². The summed E-state index contributed by atoms with van der Waals surface area (Å²) in [6.45, 7) is 7.58. The Labute approximate surface area is 185 Å². The van der Waals surface area contributed by atoms with Crippen molar-refractivity contribution in [3.63, 3.8) is 0 Å². The zero-order chi connectivity index (χ0) is 21.8. The average Bonchev–Trinajstić information content (AvgIpc) is 3.07. The molecule has 0 bridgehead atoms. The SMILES string of the molecule is Cc1sc2nc(CCC(=O)NCC(c3ccccc3)N3CCOCC3)[nH]c(=O)c2c1C. The van der Waals surface area contributed by atoms with Gasteiger partial charge in [0.05, 0.1) is 24.6 Å². The number of morpholine rings is 1. The van der Waals surface area contributed by atoms with E-state index in [0.717, 1.165) is 28.4 Å². The van der Waals surface area contributed by atoms with Gasteiger partial charge in [-0.05, 0) is 25.0 Å². The first-order chi connectivity index (χ1) is 15.0. The van der Waals surface area contributed by atoms with Crippen LogP contribution in [0.2, 0.25) is 0 Å². The lowest BCUT2D eigenvalue weighted by Gasteiger charge is -2.35. The fraction of sp³-hybridized carbons (Fsp3) is 0.435. The van der Waals surface area contributed by atoms with Crippen molar-refractivity contribution >= 4 is 27.5 Å². The predicted octanol–water partition coefficient (Wildman–Crippen LogP) is 2.72. The molecule has 1 aliphatic rings. The van der Waals surface area contributed by atoms with Crippen molar-refractivity contribution in [3.8, 4) is 0 Å². The Morgan fingerprint density at radius 3 is 2.74 bits per heavy atom. The monoisotopic (exact) mass is 440 g/mol. The van der Waals surface area contributed by atoms with E-state index in [-0.39, 0.29) is 23.9 Å². The van der Waals surface area contributed by atoms with Crippen molar-refractivity contribution in [2.75, 3.05) is 32.8 Å². The zero-order valence-corrected chi connectivity index (χ0v) is 18.8. The summed E-state index contributed by atoms with van der Waals surface area (Å²) in [7, 11) is 0. The van der Waals surface area contributed by atoms with Crippen LogP contribution in [0.25, 0.3) is 10.2 Å². The summed E-state index contributed by atoms with van der Waals surface area (Å²) in [6, 6.07) is 10.4. The molecule has 0 radical (unpaired) electrons. The molecule has 164 valence electrons. The summed E-state index contributed by atoms with van der Waals surface area (Å²) in [5, 5.41) is 3.73. The minimum Gasteiger partial charge on any atom is -0.379 e. The van der Waals surface area contributed by atoms with E-state index in [4.69, 9.17) is 4.74 Å². The molecule has 4 rings (SSSR count). The molecule has 1 atom stereocenters. The van der Waals surface area contributed by atoms with Gasteiger partial charge < -0.3 is 15.0 Å². The van der Waals surface area contributed by atoms with Crippen LogP contribution in [0.3, 0.4) is 0 Å². The largest absolute Gasteiger partial charge is 0.379 e. The number of carbonyl (C=O) groups excluding carboxylic acids is 1. The van der Waals surface area contributed by atoms with Gasteiger partial charge in [-0.25, -0.2) is 4.98 Å². The van der Waals surface area contributed by atoms with Gasteiger partial charge in [0.1, 0.15) is 10.7 Å². The highest BCUT2D eigenvalue weighted by molar-refractivity contribution is 7.18. The maximum Gasteiger partial charge on any atom is 0.259 e. The van der Waals surface area contributed by atoms with Crippen molar-refractivity contribution in [2.24, 2.45) is 0 Å². The molecule has 2 N–H and O–H groups in total. The van der Waals surface area contributed by atoms with Crippen LogP contribution in [-0.2, 0) is 16.0 Å². The molecule has 31 heavy (non-hydrogen) atoms. The standard InChI is InChI=1S/C23H28N4O3S/c1-15-16(2)31-23-21(15)22(29)25-19(26-23)8-9-20(28)24-14-18(17-6-4-3-5-7-17)27-10-12-30-13-11-27/h3-7,18H,8-14H2,1-2H3,(H,24,28)(H,25,26,29). The summed E-state index contributed by atoms with van der Waals surface area (Å²) >= 11 is 1.52. The Morgan fingerprint density at radius 1 is 1.26 bits per heavy atom. The number of H-pyrrole nitrogens is 1. The first kappa shape index (κ1) is 21.7. The summed E-state index contributed by atoms with van der Waals surface area (Å²) in [6.07, 6.45) is 0.684. The summed E-state index contributed by atoms with van der Waals surface area (Å²) in [5.41, 5.74) is 2.04. The summed E-state index contributed by atoms with van der Waals surface area (Å²) in [5.74, 6) is 0.511. The van der Waals surface area contributed by atoms with Crippen LogP contribution in [0.5, 0.6) is 0 Å². The number of hydrogen-bond acceptors (Lipinski definition) is 6. The number of carbonyl (C=O) groups is 1. The zero-order valence-electron chi connectivity index (χ0n) is 17.9. The van der Waals surface area contributed by atoms with Crippen LogP contribution in [0, 0.1) is 13.8 Å². The van der Waals surface area contributed by atoms with Gasteiger partial charge in [-0.15, -0.1) is 11.3 Å². The molecular weight excluding hydrogens is 412 g/mol. The van der Waals surface area contributed by atoms with Gasteiger partial charge >= 0.3 is 0 Å². The molecule has 0 aliphatic carbocycles. The van der Waals surface area contributed by atoms with Gasteiger partial charge in [0, 0.05) is 37.4 Å². The second-order valence-electron chi connectivity index (χ2n) is 7.85. The molecule has 1 aromatic carbocycles. The van der Waals surface area contributed by atoms with Crippen LogP contribution in [-0.4, -0.2) is 53.6 Å². The Morgan fingerprint density at radius 2 is 2.00 bits per heavy atom. The quantitative estimate of drug-likeness (QED) is 0.590. The molecule has 1 unspecified atom stereocenters. The van der Waals surface area contributed by atoms with Gasteiger partial charge in [-0.3, -0.25) is 14.5 Å². The van der Waals surface area contributed by atoms with Crippen LogP contribution < -0.4 is 10.9 Å². The minimum absolute atomic E-state index is 0.0459. The normalized spacial score (nSPS) is 15.8. The predicted molar refractivity (Wildman–Crippen MR) is 123 cm³/mol. The molecule has 0 saturated carbocycles. The van der Waals surface area contributed by atoms with E-state index in [1.54, 1.807) is 0 Å². The summed E-state index contributed by atoms with van der Waals surface area (Å²) < 4.78 is 5.48. The second-order valence-corrected chi connectivity index (χ2v) is 9.06. The molecule has 3 heterocycles. The third-order valence-electron chi connectivity index (χ3n) is 5.84. The van der Waals surface area contributed by atoms with Crippen LogP contribution in [0.1, 0.15) is 34.3 Å². The number of benzene rings is 1. The average molecular weight is 441 g/mol. The fourth-order valence-electron chi connectivity index (χ4n) is 3.97. The fourth-order valence-corrected chi connectivity index (χ4v) is 5.02. The van der Waals surface area contributed by atoms with Crippen LogP contribution in [0.4, 0.5) is 0 Å². The molecule has 1 amide bonds. The minimum atomic E-state index is -0.126. The third kappa shape index (κ3) is 5.03. The Balaban J connectivity index is 1.38. The number of thiophene rings is 1. The number of aryl methyl sites for hydroxylation is 3. The van der Waals surface area contributed by atoms with Gasteiger partial charge in [-0.2, -0.15) is 0 Å². The maximum absolute atomic E-state index is 12.6. The highest BCUT2D eigenvalue weighted by Gasteiger charge is 2.23. The second kappa shape index (κ2) is 9.72. The van der Waals surface area contributed by atoms with Gasteiger partial charge in [0.25, 0.3) is 5.56 Å². The number of fused-ring (bicyclic) bond motifs is 1. The molecule has 1 fully saturated rings. The van der Waals surface area contributed by atoms with Gasteiger partial charge in [0.2, 0.25) is 5.91 Å². The smallest absolute Gasteiger partial charge is 0.259 e. The van der Waals surface area contributed by atoms with Crippen LogP contribution >= 0.6 is 11.3 Å². The number of aromatic amines is 1. The van der Waals surface area contributed by atoms with Crippen molar-refractivity contribution < 1.29 is 9.53 Å². The van der Waals surface area contributed by atoms with E-state index in [1.165, 1.54) is 16.9 Å². The van der Waals surface area contributed by atoms with Crippen molar-refractivity contribution in [1.29, 1.82) is 0 Å². The first-order valence-corrected chi connectivity index (χ1v) is 11.5. The van der Waals surface area contributed by atoms with Crippen molar-refractivity contribution in [1.82, 2.24) is 20.2 Å². The third-order valence-corrected chi connectivity index (χ3v) is 6.94. The summed E-state index contributed by atoms with van der Waals surface area (Å²) in [4.78, 5) is 36.6. The van der Waals surface area contributed by atoms with Gasteiger partial charge in [-0.1, -0.05) is 30.3 Å². The maximum atomic E-state index is 12.6. The highest BCUT2D eigenvalue weighted by atomic mass is 32.1. The number of nitrogens with zero attached hydrogens (tertiary/aromatic N) is 2. The van der Waals surface area contributed by atoms with E-state index >= 15 is 0 Å². The lowest BCUT2D eigenvalue weighted by atomic mass is 10.0. The molecule has 7 nitrogen and oxygen atoms in total. The van der Waals surface area contributed by atoms with E-state index in [1.807, 2.05) is 32.0 Å². The lowest BCUT2D eigenvalue weighted by Crippen LogP contribution is -2.43. The molecule has 0 spiro atoms. The highest BCUT2D eigenvalue weighted by Crippen LogP contribution is 2.26. The molecule has 1 saturated heterocycles. The van der Waals surface area contributed by atoms with Crippen molar-refractivity contribution in [3.05, 3.63) is 62.5 Å². The Kier molecular flexibility index (Phi) is 6.80. The molecular formula is C23H28N4O3S. The Hall–Kier alpha value is -2.55. The topological polar surface area (TPSA) is 87.3 Å². The van der Waals surface area contributed by atoms with E-state index in [9.17, 15) is 9.59 Å². The number of rotatable bonds is 7. The van der Waals surface area contributed by atoms with E-state index in [2.05, 4.69) is 32.3 Å². The number of ether oxygens (including phenoxy) is 1. The van der Waals surface area contributed by atoms with E-state index in [0.29, 0.717) is 37.4 Å². The number of nitrogens with one attached hydrogen (secondary N) is 2. The molecule has 8 heteroatoms. The Bertz CT molecular complexity index is 1100. The molecule has 2 aromatic heterocycles. The first-order valence-electron chi connectivity index (χ1n) is 10.6. The number of hydrogen-bond donors (Lipinski definition) is 2. The van der Waals surface area contributed by atoms with Gasteiger partial charge in [0.15, 0.2) is 0 Å². The molecule has 1 aliphatic heterocycles. The van der Waals surface area contributed by atoms with Crippen LogP contribution in [0.15, 0.2) is 35.1 Å². The number of amides is 1. The van der Waals surface area contributed by atoms with E-state index < -0.39 is 0 Å². The number of aromatic nitrogens is 2.